The van der Waals surface area contributed by atoms with Crippen LogP contribution in [0.15, 0.2) is 24.3 Å². The lowest BCUT2D eigenvalue weighted by Crippen LogP contribution is -2.32. The lowest BCUT2D eigenvalue weighted by molar-refractivity contribution is 0.108. The zero-order valence-corrected chi connectivity index (χ0v) is 16.2. The minimum Gasteiger partial charge on any atom is -0.392 e. The number of nitrogens with one attached hydrogen (secondary N) is 1. The fourth-order valence-electron chi connectivity index (χ4n) is 3.45. The summed E-state index contributed by atoms with van der Waals surface area (Å²) in [5.41, 5.74) is 1.13. The van der Waals surface area contributed by atoms with Gasteiger partial charge in [0.05, 0.1) is 6.10 Å². The van der Waals surface area contributed by atoms with Crippen molar-refractivity contribution in [3.8, 4) is 0 Å². The van der Waals surface area contributed by atoms with E-state index in [4.69, 9.17) is 16.5 Å². The SMILES string of the molecule is Cl.O=[P+](O)CC1CCCC[C@H]1CC(O)CNCc1ccc(Cl)cc1. The van der Waals surface area contributed by atoms with E-state index in [2.05, 4.69) is 5.32 Å². The molecule has 0 amide bonds. The first-order valence-electron chi connectivity index (χ1n) is 8.31. The maximum absolute atomic E-state index is 11.1. The normalized spacial score (nSPS) is 22.5. The van der Waals surface area contributed by atoms with Crippen LogP contribution in [0.25, 0.3) is 0 Å². The van der Waals surface area contributed by atoms with Gasteiger partial charge >= 0.3 is 8.03 Å². The van der Waals surface area contributed by atoms with E-state index in [1.165, 1.54) is 0 Å². The van der Waals surface area contributed by atoms with Gasteiger partial charge in [-0.05, 0) is 47.4 Å². The summed E-state index contributed by atoms with van der Waals surface area (Å²) in [7, 11) is -2.08. The molecule has 0 saturated heterocycles. The highest BCUT2D eigenvalue weighted by atomic mass is 35.5. The maximum atomic E-state index is 11.1. The molecule has 1 aliphatic carbocycles. The summed E-state index contributed by atoms with van der Waals surface area (Å²) in [4.78, 5) is 9.17. The topological polar surface area (TPSA) is 69.6 Å². The molecule has 2 rings (SSSR count). The van der Waals surface area contributed by atoms with Crippen LogP contribution < -0.4 is 5.32 Å². The van der Waals surface area contributed by atoms with Crippen molar-refractivity contribution in [3.63, 3.8) is 0 Å². The Hall–Kier alpha value is -0.220. The number of aliphatic hydroxyl groups excluding tert-OH is 1. The van der Waals surface area contributed by atoms with Crippen LogP contribution in [0.3, 0.4) is 0 Å². The number of hydrogen-bond acceptors (Lipinski definition) is 3. The molecule has 136 valence electrons. The highest BCUT2D eigenvalue weighted by Crippen LogP contribution is 2.37. The van der Waals surface area contributed by atoms with Crippen molar-refractivity contribution in [2.24, 2.45) is 11.8 Å². The van der Waals surface area contributed by atoms with Crippen LogP contribution in [0.1, 0.15) is 37.7 Å². The van der Waals surface area contributed by atoms with E-state index in [0.29, 0.717) is 31.6 Å². The van der Waals surface area contributed by atoms with E-state index in [1.54, 1.807) is 0 Å². The Kier molecular flexibility index (Phi) is 10.4. The summed E-state index contributed by atoms with van der Waals surface area (Å²) in [6, 6.07) is 7.66. The second-order valence-electron chi connectivity index (χ2n) is 6.49. The molecule has 0 spiro atoms. The number of hydrogen-bond donors (Lipinski definition) is 3. The van der Waals surface area contributed by atoms with Crippen molar-refractivity contribution in [3.05, 3.63) is 34.9 Å². The molecular weight excluding hydrogens is 368 g/mol. The summed E-state index contributed by atoms with van der Waals surface area (Å²) in [5.74, 6) is 0.644. The first kappa shape index (κ1) is 21.8. The zero-order chi connectivity index (χ0) is 16.7. The zero-order valence-electron chi connectivity index (χ0n) is 13.7. The first-order valence-corrected chi connectivity index (χ1v) is 10.1. The molecule has 0 aliphatic heterocycles. The van der Waals surface area contributed by atoms with Crippen molar-refractivity contribution >= 4 is 32.0 Å². The number of aliphatic hydroxyl groups is 1. The molecule has 1 aromatic carbocycles. The molecule has 3 N–H and O–H groups in total. The van der Waals surface area contributed by atoms with Gasteiger partial charge in [-0.1, -0.05) is 36.6 Å². The molecule has 3 unspecified atom stereocenters. The highest BCUT2D eigenvalue weighted by molar-refractivity contribution is 7.38. The molecule has 1 aliphatic rings. The molecular formula is C17H27Cl2NO3P+. The van der Waals surface area contributed by atoms with Crippen LogP contribution in [-0.4, -0.2) is 28.8 Å². The van der Waals surface area contributed by atoms with Crippen LogP contribution >= 0.6 is 32.0 Å². The minimum absolute atomic E-state index is 0. The Bertz CT molecular complexity index is 501. The van der Waals surface area contributed by atoms with Gasteiger partial charge < -0.3 is 10.4 Å². The van der Waals surface area contributed by atoms with Gasteiger partial charge in [-0.15, -0.1) is 12.4 Å². The Morgan fingerprint density at radius 3 is 2.46 bits per heavy atom. The predicted molar refractivity (Wildman–Crippen MR) is 101 cm³/mol. The monoisotopic (exact) mass is 394 g/mol. The van der Waals surface area contributed by atoms with Crippen LogP contribution in [0, 0.1) is 11.8 Å². The van der Waals surface area contributed by atoms with Gasteiger partial charge in [-0.2, -0.15) is 4.89 Å². The van der Waals surface area contributed by atoms with Gasteiger partial charge in [0.25, 0.3) is 0 Å². The molecule has 1 saturated carbocycles. The lowest BCUT2D eigenvalue weighted by atomic mass is 9.77. The fraction of sp³-hybridized carbons (Fsp3) is 0.647. The molecule has 0 radical (unpaired) electrons. The van der Waals surface area contributed by atoms with Gasteiger partial charge in [-0.25, -0.2) is 0 Å². The summed E-state index contributed by atoms with van der Waals surface area (Å²) >= 11 is 5.86. The molecule has 0 bridgehead atoms. The Labute approximate surface area is 156 Å². The van der Waals surface area contributed by atoms with Crippen LogP contribution in [0.4, 0.5) is 0 Å². The second-order valence-corrected chi connectivity index (χ2v) is 7.99. The summed E-state index contributed by atoms with van der Waals surface area (Å²) < 4.78 is 11.1. The van der Waals surface area contributed by atoms with E-state index in [1.807, 2.05) is 24.3 Å². The number of benzene rings is 1. The Morgan fingerprint density at radius 1 is 1.21 bits per heavy atom. The van der Waals surface area contributed by atoms with Gasteiger partial charge in [0.1, 0.15) is 0 Å². The smallest absolute Gasteiger partial charge is 0.392 e. The first-order chi connectivity index (χ1) is 11.0. The van der Waals surface area contributed by atoms with Crippen molar-refractivity contribution in [2.45, 2.75) is 44.8 Å². The minimum atomic E-state index is -2.08. The summed E-state index contributed by atoms with van der Waals surface area (Å²) in [6.45, 7) is 1.24. The molecule has 4 nitrogen and oxygen atoms in total. The largest absolute Gasteiger partial charge is 0.505 e. The average Bonchev–Trinajstić information content (AvgIpc) is 2.51. The predicted octanol–water partition coefficient (Wildman–Crippen LogP) is 4.14. The highest BCUT2D eigenvalue weighted by Gasteiger charge is 2.32. The number of rotatable bonds is 8. The fourth-order valence-corrected chi connectivity index (χ4v) is 4.46. The quantitative estimate of drug-likeness (QED) is 0.579. The Balaban J connectivity index is 0.00000288. The van der Waals surface area contributed by atoms with Gasteiger partial charge in [0.15, 0.2) is 6.16 Å². The average molecular weight is 395 g/mol. The van der Waals surface area contributed by atoms with E-state index < -0.39 is 14.1 Å². The van der Waals surface area contributed by atoms with Crippen molar-refractivity contribution in [1.82, 2.24) is 5.32 Å². The third kappa shape index (κ3) is 7.77. The lowest BCUT2D eigenvalue weighted by Gasteiger charge is -2.30. The Morgan fingerprint density at radius 2 is 1.83 bits per heavy atom. The molecule has 4 atom stereocenters. The van der Waals surface area contributed by atoms with Gasteiger partial charge in [-0.3, -0.25) is 0 Å². The van der Waals surface area contributed by atoms with E-state index in [9.17, 15) is 9.67 Å². The summed E-state index contributed by atoms with van der Waals surface area (Å²) in [6.07, 6.45) is 5.04. The molecule has 24 heavy (non-hydrogen) atoms. The second kappa shape index (κ2) is 11.4. The third-order valence-electron chi connectivity index (χ3n) is 4.65. The molecule has 7 heteroatoms. The maximum Gasteiger partial charge on any atom is 0.505 e. The molecule has 1 aromatic rings. The molecule has 1 fully saturated rings. The standard InChI is InChI=1S/C17H25ClNO3P.ClH/c18-16-7-5-13(6-8-16)10-19-11-17(20)9-14-3-1-2-4-15(14)12-23(21)22;/h5-8,14-15,17,19-20H,1-4,9-12H2;1H/p+1/t14-,15?,17?;/m0./s1. The third-order valence-corrected chi connectivity index (χ3v) is 5.69. The number of halogens is 2. The summed E-state index contributed by atoms with van der Waals surface area (Å²) in [5, 5.41) is 14.2. The van der Waals surface area contributed by atoms with Crippen LogP contribution in [0.2, 0.25) is 5.02 Å². The van der Waals surface area contributed by atoms with Crippen molar-refractivity contribution < 1.29 is 14.6 Å². The van der Waals surface area contributed by atoms with E-state index in [0.717, 1.165) is 36.3 Å². The van der Waals surface area contributed by atoms with Gasteiger partial charge in [0.2, 0.25) is 0 Å². The molecule has 0 heterocycles. The van der Waals surface area contributed by atoms with E-state index >= 15 is 0 Å². The van der Waals surface area contributed by atoms with Crippen LogP contribution in [0.5, 0.6) is 0 Å². The van der Waals surface area contributed by atoms with Gasteiger partial charge in [0, 0.05) is 24.0 Å². The van der Waals surface area contributed by atoms with Crippen molar-refractivity contribution in [2.75, 3.05) is 12.7 Å². The van der Waals surface area contributed by atoms with E-state index in [-0.39, 0.29) is 18.3 Å². The van der Waals surface area contributed by atoms with Crippen molar-refractivity contribution in [1.29, 1.82) is 0 Å². The molecule has 0 aromatic heterocycles. The van der Waals surface area contributed by atoms with Crippen LogP contribution in [-0.2, 0) is 11.1 Å².